The third kappa shape index (κ3) is 4.45. The molecule has 0 unspecified atom stereocenters. The first kappa shape index (κ1) is 15.8. The summed E-state index contributed by atoms with van der Waals surface area (Å²) in [5, 5.41) is 5.03. The Morgan fingerprint density at radius 3 is 2.57 bits per heavy atom. The molecule has 0 aliphatic carbocycles. The summed E-state index contributed by atoms with van der Waals surface area (Å²) in [7, 11) is 0. The molecular weight excluding hydrogens is 304 g/mol. The zero-order valence-corrected chi connectivity index (χ0v) is 14.0. The summed E-state index contributed by atoms with van der Waals surface area (Å²) in [4.78, 5) is 15.7. The van der Waals surface area contributed by atoms with E-state index < -0.39 is 0 Å². The number of nitrogens with zero attached hydrogens (tertiary/aromatic N) is 1. The maximum atomic E-state index is 12.2. The van der Waals surface area contributed by atoms with Crippen LogP contribution in [-0.2, 0) is 4.79 Å². The van der Waals surface area contributed by atoms with Crippen LogP contribution in [0.25, 0.3) is 6.08 Å². The van der Waals surface area contributed by atoms with Gasteiger partial charge in [-0.05, 0) is 42.5 Å². The van der Waals surface area contributed by atoms with Gasteiger partial charge in [0.25, 0.3) is 0 Å². The maximum Gasteiger partial charge on any atom is 0.248 e. The fraction of sp³-hybridized carbons (Fsp3) is 0.316. The molecule has 1 N–H and O–H groups in total. The fourth-order valence-electron chi connectivity index (χ4n) is 2.88. The van der Waals surface area contributed by atoms with Gasteiger partial charge in [0.15, 0.2) is 0 Å². The van der Waals surface area contributed by atoms with Crippen molar-refractivity contribution in [3.8, 4) is 0 Å². The summed E-state index contributed by atoms with van der Waals surface area (Å²) in [5.74, 6) is -0.0827. The van der Waals surface area contributed by atoms with Crippen LogP contribution in [0.1, 0.15) is 30.6 Å². The van der Waals surface area contributed by atoms with Crippen molar-refractivity contribution in [3.63, 3.8) is 0 Å². The van der Waals surface area contributed by atoms with E-state index in [0.717, 1.165) is 29.3 Å². The number of rotatable bonds is 4. The lowest BCUT2D eigenvalue weighted by Crippen LogP contribution is -2.25. The summed E-state index contributed by atoms with van der Waals surface area (Å²) >= 11 is 1.62. The normalized spacial score (nSPS) is 15.6. The minimum Gasteiger partial charge on any atom is -0.370 e. The molecule has 0 bridgehead atoms. The second-order valence-corrected chi connectivity index (χ2v) is 6.74. The van der Waals surface area contributed by atoms with Crippen LogP contribution in [0.5, 0.6) is 0 Å². The highest BCUT2D eigenvalue weighted by atomic mass is 32.1. The first-order chi connectivity index (χ1) is 11.3. The maximum absolute atomic E-state index is 12.2. The quantitative estimate of drug-likeness (QED) is 0.820. The van der Waals surface area contributed by atoms with E-state index >= 15 is 0 Å². The van der Waals surface area contributed by atoms with E-state index in [9.17, 15) is 4.79 Å². The number of benzene rings is 1. The Labute approximate surface area is 141 Å². The smallest absolute Gasteiger partial charge is 0.248 e. The van der Waals surface area contributed by atoms with Crippen LogP contribution in [0.4, 0.5) is 11.4 Å². The molecule has 0 spiro atoms. The zero-order valence-electron chi connectivity index (χ0n) is 13.2. The zero-order chi connectivity index (χ0) is 15.9. The number of anilines is 2. The number of para-hydroxylation sites is 2. The number of nitrogens with one attached hydrogen (secondary N) is 1. The van der Waals surface area contributed by atoms with Gasteiger partial charge >= 0.3 is 0 Å². The highest BCUT2D eigenvalue weighted by molar-refractivity contribution is 7.10. The molecule has 1 aromatic heterocycles. The molecule has 0 atom stereocenters. The average Bonchev–Trinajstić information content (AvgIpc) is 2.95. The Balaban J connectivity index is 1.71. The van der Waals surface area contributed by atoms with Gasteiger partial charge in [0.1, 0.15) is 0 Å². The van der Waals surface area contributed by atoms with Gasteiger partial charge in [-0.2, -0.15) is 0 Å². The Bertz CT molecular complexity index is 656. The second-order valence-electron chi connectivity index (χ2n) is 5.76. The lowest BCUT2D eigenvalue weighted by Gasteiger charge is -2.25. The number of thiophene rings is 1. The second kappa shape index (κ2) is 7.97. The topological polar surface area (TPSA) is 32.3 Å². The molecule has 1 fully saturated rings. The van der Waals surface area contributed by atoms with Gasteiger partial charge in [0.05, 0.1) is 11.4 Å². The van der Waals surface area contributed by atoms with E-state index in [-0.39, 0.29) is 5.91 Å². The summed E-state index contributed by atoms with van der Waals surface area (Å²) in [6.45, 7) is 2.13. The molecule has 1 saturated heterocycles. The van der Waals surface area contributed by atoms with Crippen molar-refractivity contribution >= 4 is 34.7 Å². The predicted octanol–water partition coefficient (Wildman–Crippen LogP) is 4.78. The van der Waals surface area contributed by atoms with Crippen LogP contribution >= 0.6 is 11.3 Å². The average molecular weight is 326 g/mol. The van der Waals surface area contributed by atoms with Gasteiger partial charge < -0.3 is 10.2 Å². The Morgan fingerprint density at radius 1 is 1.04 bits per heavy atom. The lowest BCUT2D eigenvalue weighted by molar-refractivity contribution is -0.111. The fourth-order valence-corrected chi connectivity index (χ4v) is 3.50. The molecule has 23 heavy (non-hydrogen) atoms. The van der Waals surface area contributed by atoms with E-state index in [1.807, 2.05) is 41.8 Å². The number of hydrogen-bond donors (Lipinski definition) is 1. The molecule has 0 saturated carbocycles. The van der Waals surface area contributed by atoms with Gasteiger partial charge in [-0.15, -0.1) is 11.3 Å². The summed E-state index contributed by atoms with van der Waals surface area (Å²) in [5.41, 5.74) is 2.03. The Kier molecular flexibility index (Phi) is 5.48. The van der Waals surface area contributed by atoms with E-state index in [4.69, 9.17) is 0 Å². The highest BCUT2D eigenvalue weighted by Crippen LogP contribution is 2.28. The molecule has 120 valence electrons. The SMILES string of the molecule is O=C(/C=C/c1cccs1)Nc1ccccc1N1CCCCCC1. The molecule has 1 aliphatic rings. The molecule has 2 aromatic rings. The van der Waals surface area contributed by atoms with Crippen molar-refractivity contribution in [2.45, 2.75) is 25.7 Å². The van der Waals surface area contributed by atoms with Crippen molar-refractivity contribution < 1.29 is 4.79 Å². The summed E-state index contributed by atoms with van der Waals surface area (Å²) < 4.78 is 0. The molecule has 3 nitrogen and oxygen atoms in total. The lowest BCUT2D eigenvalue weighted by atomic mass is 10.2. The van der Waals surface area contributed by atoms with Crippen LogP contribution in [0, 0.1) is 0 Å². The highest BCUT2D eigenvalue weighted by Gasteiger charge is 2.13. The van der Waals surface area contributed by atoms with Crippen molar-refractivity contribution in [2.24, 2.45) is 0 Å². The number of carbonyl (C=O) groups is 1. The van der Waals surface area contributed by atoms with Crippen molar-refractivity contribution in [3.05, 3.63) is 52.7 Å². The van der Waals surface area contributed by atoms with Gasteiger partial charge in [-0.1, -0.05) is 31.0 Å². The number of amides is 1. The van der Waals surface area contributed by atoms with Crippen molar-refractivity contribution in [1.29, 1.82) is 0 Å². The first-order valence-electron chi connectivity index (χ1n) is 8.19. The van der Waals surface area contributed by atoms with Crippen LogP contribution < -0.4 is 10.2 Å². The number of carbonyl (C=O) groups excluding carboxylic acids is 1. The molecule has 2 heterocycles. The van der Waals surface area contributed by atoms with Crippen LogP contribution in [0.2, 0.25) is 0 Å². The third-order valence-electron chi connectivity index (χ3n) is 4.05. The minimum atomic E-state index is -0.0827. The van der Waals surface area contributed by atoms with Crippen molar-refractivity contribution in [1.82, 2.24) is 0 Å². The van der Waals surface area contributed by atoms with Crippen LogP contribution in [0.3, 0.4) is 0 Å². The third-order valence-corrected chi connectivity index (χ3v) is 4.89. The molecule has 1 aromatic carbocycles. The minimum absolute atomic E-state index is 0.0827. The molecule has 0 radical (unpaired) electrons. The monoisotopic (exact) mass is 326 g/mol. The standard InChI is InChI=1S/C19H22N2OS/c22-19(12-11-16-8-7-15-23-16)20-17-9-3-4-10-18(17)21-13-5-1-2-6-14-21/h3-4,7-12,15H,1-2,5-6,13-14H2,(H,20,22)/b12-11+. The molecular formula is C19H22N2OS. The van der Waals surface area contributed by atoms with E-state index in [1.165, 1.54) is 25.7 Å². The summed E-state index contributed by atoms with van der Waals surface area (Å²) in [6, 6.07) is 12.1. The van der Waals surface area contributed by atoms with Gasteiger partial charge in [0, 0.05) is 24.0 Å². The molecule has 1 amide bonds. The van der Waals surface area contributed by atoms with Crippen LogP contribution in [-0.4, -0.2) is 19.0 Å². The van der Waals surface area contributed by atoms with Crippen molar-refractivity contribution in [2.75, 3.05) is 23.3 Å². The van der Waals surface area contributed by atoms with E-state index in [2.05, 4.69) is 16.3 Å². The number of hydrogen-bond acceptors (Lipinski definition) is 3. The Hall–Kier alpha value is -2.07. The van der Waals surface area contributed by atoms with E-state index in [0.29, 0.717) is 0 Å². The predicted molar refractivity (Wildman–Crippen MR) is 99.1 cm³/mol. The van der Waals surface area contributed by atoms with Gasteiger partial charge in [-0.3, -0.25) is 4.79 Å². The van der Waals surface area contributed by atoms with Gasteiger partial charge in [0.2, 0.25) is 5.91 Å². The molecule has 4 heteroatoms. The van der Waals surface area contributed by atoms with E-state index in [1.54, 1.807) is 17.4 Å². The Morgan fingerprint density at radius 2 is 1.83 bits per heavy atom. The van der Waals surface area contributed by atoms with Gasteiger partial charge in [-0.25, -0.2) is 0 Å². The molecule has 1 aliphatic heterocycles. The van der Waals surface area contributed by atoms with Crippen LogP contribution in [0.15, 0.2) is 47.9 Å². The largest absolute Gasteiger partial charge is 0.370 e. The summed E-state index contributed by atoms with van der Waals surface area (Å²) in [6.07, 6.45) is 8.50. The molecule has 3 rings (SSSR count). The first-order valence-corrected chi connectivity index (χ1v) is 9.07.